The fourth-order valence-electron chi connectivity index (χ4n) is 4.62. The molecule has 218 valence electrons. The second kappa shape index (κ2) is 13.8. The van der Waals surface area contributed by atoms with E-state index in [4.69, 9.17) is 4.74 Å². The number of hydrogen-bond donors (Lipinski definition) is 5. The molecule has 5 N–H and O–H groups in total. The first-order chi connectivity index (χ1) is 19.0. The number of amides is 5. The molecule has 0 aromatic carbocycles. The van der Waals surface area contributed by atoms with Gasteiger partial charge in [-0.1, -0.05) is 12.2 Å². The van der Waals surface area contributed by atoms with Crippen LogP contribution in [-0.2, 0) is 38.3 Å². The number of carboxylic acid groups (broad SMARTS) is 2. The van der Waals surface area contributed by atoms with Gasteiger partial charge in [0.05, 0.1) is 12.6 Å². The molecule has 1 unspecified atom stereocenters. The third-order valence-corrected chi connectivity index (χ3v) is 6.75. The van der Waals surface area contributed by atoms with Crippen molar-refractivity contribution in [3.8, 4) is 0 Å². The zero-order chi connectivity index (χ0) is 29.4. The standard InChI is InChI=1S/C25H33N5O10/c1-14-12-17(26-13-14)23-30(10-11-40-23)22(35)5-3-16(25(38)39)27-18(31)4-2-15(24(36)37)28-19(32)8-9-29-20(33)6-7-21(29)34/h6-7,15-17,23,26H,1-5,8-13H2,(H,27,31)(H,28,32)(H,36,37)(H,38,39)/t15-,16-,17-,23?/m0/s1. The summed E-state index contributed by atoms with van der Waals surface area (Å²) < 4.78 is 5.69. The van der Waals surface area contributed by atoms with Crippen LogP contribution in [0.1, 0.15) is 38.5 Å². The van der Waals surface area contributed by atoms with E-state index in [2.05, 4.69) is 22.5 Å². The molecule has 0 aromatic heterocycles. The number of carbonyl (C=O) groups excluding carboxylic acids is 5. The van der Waals surface area contributed by atoms with E-state index in [0.717, 1.165) is 22.6 Å². The average Bonchev–Trinajstić information content (AvgIpc) is 3.63. The van der Waals surface area contributed by atoms with E-state index in [9.17, 15) is 43.8 Å². The van der Waals surface area contributed by atoms with Gasteiger partial charge in [-0.15, -0.1) is 0 Å². The lowest BCUT2D eigenvalue weighted by molar-refractivity contribution is -0.144. The topological polar surface area (TPSA) is 212 Å². The summed E-state index contributed by atoms with van der Waals surface area (Å²) in [6.45, 7) is 5.03. The highest BCUT2D eigenvalue weighted by Crippen LogP contribution is 2.23. The minimum Gasteiger partial charge on any atom is -0.480 e. The number of rotatable bonds is 14. The van der Waals surface area contributed by atoms with Gasteiger partial charge in [-0.25, -0.2) is 9.59 Å². The number of carboxylic acids is 2. The van der Waals surface area contributed by atoms with Crippen LogP contribution in [-0.4, -0.2) is 112 Å². The Kier molecular flexibility index (Phi) is 10.5. The Hall–Kier alpha value is -4.11. The predicted octanol–water partition coefficient (Wildman–Crippen LogP) is -1.90. The lowest BCUT2D eigenvalue weighted by Crippen LogP contribution is -2.48. The van der Waals surface area contributed by atoms with Gasteiger partial charge in [-0.3, -0.25) is 28.9 Å². The van der Waals surface area contributed by atoms with Crippen molar-refractivity contribution in [2.75, 3.05) is 26.2 Å². The van der Waals surface area contributed by atoms with Gasteiger partial charge in [0.1, 0.15) is 18.3 Å². The Morgan fingerprint density at radius 1 is 0.975 bits per heavy atom. The van der Waals surface area contributed by atoms with Gasteiger partial charge < -0.3 is 35.8 Å². The maximum atomic E-state index is 12.8. The number of imide groups is 1. The molecule has 15 heteroatoms. The summed E-state index contributed by atoms with van der Waals surface area (Å²) in [5.74, 6) is -5.76. The SMILES string of the molecule is C=C1CN[C@H](C2OCCN2C(=O)CC[C@H](NC(=O)CC[C@H](NC(=O)CCN2C(=O)C=CC2=O)C(=O)O)C(=O)O)C1. The van der Waals surface area contributed by atoms with E-state index in [1.165, 1.54) is 0 Å². The molecular formula is C25H33N5O10. The van der Waals surface area contributed by atoms with E-state index in [1.54, 1.807) is 4.90 Å². The molecule has 3 aliphatic rings. The Morgan fingerprint density at radius 3 is 2.10 bits per heavy atom. The number of ether oxygens (including phenoxy) is 1. The lowest BCUT2D eigenvalue weighted by Gasteiger charge is -2.28. The minimum absolute atomic E-state index is 0.0983. The predicted molar refractivity (Wildman–Crippen MR) is 135 cm³/mol. The summed E-state index contributed by atoms with van der Waals surface area (Å²) in [6.07, 6.45) is 0.861. The van der Waals surface area contributed by atoms with Gasteiger partial charge >= 0.3 is 11.9 Å². The summed E-state index contributed by atoms with van der Waals surface area (Å²) in [5, 5.41) is 26.7. The van der Waals surface area contributed by atoms with Gasteiger partial charge in [-0.05, 0) is 19.3 Å². The molecule has 3 aliphatic heterocycles. The Labute approximate surface area is 229 Å². The van der Waals surface area contributed by atoms with Crippen molar-refractivity contribution in [1.29, 1.82) is 0 Å². The summed E-state index contributed by atoms with van der Waals surface area (Å²) in [5.41, 5.74) is 0.999. The van der Waals surface area contributed by atoms with E-state index < -0.39 is 60.3 Å². The van der Waals surface area contributed by atoms with E-state index in [0.29, 0.717) is 26.1 Å². The third kappa shape index (κ3) is 8.19. The first-order valence-corrected chi connectivity index (χ1v) is 12.8. The van der Waals surface area contributed by atoms with Gasteiger partial charge in [0.15, 0.2) is 0 Å². The van der Waals surface area contributed by atoms with Crippen molar-refractivity contribution >= 4 is 41.5 Å². The van der Waals surface area contributed by atoms with Crippen LogP contribution in [0.4, 0.5) is 0 Å². The second-order valence-electron chi connectivity index (χ2n) is 9.70. The fourth-order valence-corrected chi connectivity index (χ4v) is 4.62. The summed E-state index contributed by atoms with van der Waals surface area (Å²) >= 11 is 0. The first kappa shape index (κ1) is 30.4. The maximum Gasteiger partial charge on any atom is 0.326 e. The highest BCUT2D eigenvalue weighted by atomic mass is 16.5. The molecule has 15 nitrogen and oxygen atoms in total. The Bertz CT molecular complexity index is 1090. The molecule has 4 atom stereocenters. The van der Waals surface area contributed by atoms with Crippen LogP contribution in [0.2, 0.25) is 0 Å². The quantitative estimate of drug-likeness (QED) is 0.116. The van der Waals surface area contributed by atoms with Gasteiger partial charge in [0.2, 0.25) is 17.7 Å². The van der Waals surface area contributed by atoms with Crippen LogP contribution >= 0.6 is 0 Å². The lowest BCUT2D eigenvalue weighted by atomic mass is 10.1. The monoisotopic (exact) mass is 563 g/mol. The van der Waals surface area contributed by atoms with E-state index in [1.807, 2.05) is 0 Å². The van der Waals surface area contributed by atoms with Crippen LogP contribution in [0, 0.1) is 0 Å². The molecule has 40 heavy (non-hydrogen) atoms. The molecule has 0 spiro atoms. The fraction of sp³-hybridized carbons (Fsp3) is 0.560. The first-order valence-electron chi connectivity index (χ1n) is 12.8. The molecule has 0 aromatic rings. The van der Waals surface area contributed by atoms with Gasteiger partial charge in [0.25, 0.3) is 11.8 Å². The van der Waals surface area contributed by atoms with Crippen molar-refractivity contribution in [2.45, 2.75) is 62.9 Å². The van der Waals surface area contributed by atoms with Gasteiger partial charge in [-0.2, -0.15) is 0 Å². The van der Waals surface area contributed by atoms with Crippen LogP contribution < -0.4 is 16.0 Å². The summed E-state index contributed by atoms with van der Waals surface area (Å²) in [7, 11) is 0. The molecule has 3 heterocycles. The van der Waals surface area contributed by atoms with Crippen LogP contribution in [0.5, 0.6) is 0 Å². The molecule has 0 bridgehead atoms. The third-order valence-electron chi connectivity index (χ3n) is 6.75. The van der Waals surface area contributed by atoms with Crippen molar-refractivity contribution in [3.63, 3.8) is 0 Å². The number of aliphatic carboxylic acids is 2. The number of carbonyl (C=O) groups is 7. The number of nitrogens with one attached hydrogen (secondary N) is 3. The second-order valence-corrected chi connectivity index (χ2v) is 9.70. The molecule has 0 radical (unpaired) electrons. The Balaban J connectivity index is 1.43. The van der Waals surface area contributed by atoms with Crippen LogP contribution in [0.25, 0.3) is 0 Å². The van der Waals surface area contributed by atoms with Crippen LogP contribution in [0.3, 0.4) is 0 Å². The minimum atomic E-state index is -1.46. The highest BCUT2D eigenvalue weighted by Gasteiger charge is 2.38. The maximum absolute atomic E-state index is 12.8. The van der Waals surface area contributed by atoms with Gasteiger partial charge in [0, 0.05) is 51.0 Å². The number of hydrogen-bond acceptors (Lipinski definition) is 9. The van der Waals surface area contributed by atoms with Crippen molar-refractivity contribution in [3.05, 3.63) is 24.3 Å². The number of nitrogens with zero attached hydrogens (tertiary/aromatic N) is 2. The average molecular weight is 564 g/mol. The normalized spacial score (nSPS) is 21.9. The molecule has 0 aliphatic carbocycles. The summed E-state index contributed by atoms with van der Waals surface area (Å²) in [4.78, 5) is 86.1. The molecule has 3 rings (SSSR count). The largest absolute Gasteiger partial charge is 0.480 e. The van der Waals surface area contributed by atoms with Crippen molar-refractivity contribution in [1.82, 2.24) is 25.8 Å². The zero-order valence-corrected chi connectivity index (χ0v) is 21.8. The zero-order valence-electron chi connectivity index (χ0n) is 21.8. The van der Waals surface area contributed by atoms with Crippen LogP contribution in [0.15, 0.2) is 24.3 Å². The van der Waals surface area contributed by atoms with E-state index >= 15 is 0 Å². The van der Waals surface area contributed by atoms with E-state index in [-0.39, 0.29) is 44.2 Å². The molecule has 2 fully saturated rings. The highest BCUT2D eigenvalue weighted by molar-refractivity contribution is 6.13. The summed E-state index contributed by atoms with van der Waals surface area (Å²) in [6, 6.07) is -2.94. The smallest absolute Gasteiger partial charge is 0.326 e. The van der Waals surface area contributed by atoms with Crippen molar-refractivity contribution < 1.29 is 48.5 Å². The molecule has 5 amide bonds. The molecule has 2 saturated heterocycles. The molecular weight excluding hydrogens is 530 g/mol. The van der Waals surface area contributed by atoms with Crippen molar-refractivity contribution in [2.24, 2.45) is 0 Å². The Morgan fingerprint density at radius 2 is 1.55 bits per heavy atom. The molecule has 0 saturated carbocycles.